The monoisotopic (exact) mass is 410 g/mol. The fourth-order valence-electron chi connectivity index (χ4n) is 3.42. The van der Waals surface area contributed by atoms with Crippen LogP contribution >= 0.6 is 0 Å². The number of carbonyl (C=O) groups is 2. The summed E-state index contributed by atoms with van der Waals surface area (Å²) in [5.74, 6) is 0.0131. The Morgan fingerprint density at radius 3 is 2.70 bits per heavy atom. The van der Waals surface area contributed by atoms with Gasteiger partial charge in [-0.1, -0.05) is 38.0 Å². The second-order valence-corrected chi connectivity index (χ2v) is 7.40. The standard InChI is InChI=1S/C24H26O6/c1-3-4-5-6-23-21(27)10-9-17-19(14-25)20(26)11-12-22(17)29-16-8-7-15(2)18(13-16)24(28)30-23/h7-14,21,23,26-27H,3-6H2,1-2H3. The first kappa shape index (κ1) is 21.6. The van der Waals surface area contributed by atoms with Gasteiger partial charge in [-0.05, 0) is 49.6 Å². The van der Waals surface area contributed by atoms with Crippen molar-refractivity contribution < 1.29 is 29.3 Å². The number of fused-ring (bicyclic) bond motifs is 3. The number of unbranched alkanes of at least 4 members (excludes halogenated alkanes) is 2. The minimum Gasteiger partial charge on any atom is -0.507 e. The second-order valence-electron chi connectivity index (χ2n) is 7.40. The van der Waals surface area contributed by atoms with Crippen LogP contribution in [0.25, 0.3) is 6.08 Å². The number of aliphatic hydroxyl groups excluding tert-OH is 1. The Kier molecular flexibility index (Phi) is 6.90. The Labute approximate surface area is 175 Å². The van der Waals surface area contributed by atoms with Gasteiger partial charge in [-0.25, -0.2) is 4.79 Å². The molecule has 6 heteroatoms. The summed E-state index contributed by atoms with van der Waals surface area (Å²) in [5, 5.41) is 20.8. The Bertz CT molecular complexity index is 962. The molecule has 158 valence electrons. The SMILES string of the molecule is CCCCCC1OC(=O)c2cc(ccc2C)Oc2ccc(O)c(C=O)c2C=CC1O. The summed E-state index contributed by atoms with van der Waals surface area (Å²) >= 11 is 0. The zero-order valence-corrected chi connectivity index (χ0v) is 17.1. The zero-order chi connectivity index (χ0) is 21.7. The minimum atomic E-state index is -1.08. The highest BCUT2D eigenvalue weighted by Gasteiger charge is 2.25. The number of esters is 1. The van der Waals surface area contributed by atoms with E-state index in [4.69, 9.17) is 9.47 Å². The molecule has 0 saturated carbocycles. The summed E-state index contributed by atoms with van der Waals surface area (Å²) in [6.07, 6.45) is 4.97. The van der Waals surface area contributed by atoms with E-state index in [-0.39, 0.29) is 11.3 Å². The molecule has 2 aromatic carbocycles. The van der Waals surface area contributed by atoms with Gasteiger partial charge < -0.3 is 19.7 Å². The minimum absolute atomic E-state index is 0.0554. The Morgan fingerprint density at radius 2 is 1.97 bits per heavy atom. The first-order chi connectivity index (χ1) is 14.4. The van der Waals surface area contributed by atoms with Crippen LogP contribution in [-0.2, 0) is 4.74 Å². The Hall–Kier alpha value is -3.12. The van der Waals surface area contributed by atoms with Crippen LogP contribution in [0.5, 0.6) is 17.2 Å². The third-order valence-electron chi connectivity index (χ3n) is 5.19. The molecule has 0 amide bonds. The van der Waals surface area contributed by atoms with E-state index >= 15 is 0 Å². The summed E-state index contributed by atoms with van der Waals surface area (Å²) in [6, 6.07) is 7.95. The number of hydrogen-bond donors (Lipinski definition) is 2. The lowest BCUT2D eigenvalue weighted by atomic mass is 10.0. The fourth-order valence-corrected chi connectivity index (χ4v) is 3.42. The lowest BCUT2D eigenvalue weighted by Gasteiger charge is -2.23. The van der Waals surface area contributed by atoms with Crippen molar-refractivity contribution in [1.82, 2.24) is 0 Å². The first-order valence-electron chi connectivity index (χ1n) is 10.1. The number of ether oxygens (including phenoxy) is 2. The molecule has 2 atom stereocenters. The molecule has 2 N–H and O–H groups in total. The predicted molar refractivity (Wildman–Crippen MR) is 113 cm³/mol. The maximum absolute atomic E-state index is 12.8. The number of rotatable bonds is 5. The molecule has 0 aromatic heterocycles. The Balaban J connectivity index is 2.11. The van der Waals surface area contributed by atoms with E-state index in [1.807, 2.05) is 0 Å². The lowest BCUT2D eigenvalue weighted by molar-refractivity contribution is -0.00748. The summed E-state index contributed by atoms with van der Waals surface area (Å²) in [6.45, 7) is 3.87. The van der Waals surface area contributed by atoms with E-state index < -0.39 is 18.2 Å². The number of aromatic hydroxyl groups is 1. The third kappa shape index (κ3) is 4.71. The van der Waals surface area contributed by atoms with Crippen molar-refractivity contribution >= 4 is 18.3 Å². The van der Waals surface area contributed by atoms with Crippen molar-refractivity contribution in [3.63, 3.8) is 0 Å². The fraction of sp³-hybridized carbons (Fsp3) is 0.333. The van der Waals surface area contributed by atoms with Crippen LogP contribution in [0.15, 0.2) is 36.4 Å². The van der Waals surface area contributed by atoms with E-state index in [2.05, 4.69) is 6.92 Å². The van der Waals surface area contributed by atoms with E-state index in [0.29, 0.717) is 35.3 Å². The van der Waals surface area contributed by atoms with Gasteiger partial charge in [-0.15, -0.1) is 0 Å². The predicted octanol–water partition coefficient (Wildman–Crippen LogP) is 4.80. The van der Waals surface area contributed by atoms with Gasteiger partial charge in [0.1, 0.15) is 29.5 Å². The number of carbonyl (C=O) groups excluding carboxylic acids is 2. The quantitative estimate of drug-likeness (QED) is 0.418. The number of aldehydes is 1. The van der Waals surface area contributed by atoms with Crippen LogP contribution in [0.3, 0.4) is 0 Å². The molecule has 3 rings (SSSR count). The highest BCUT2D eigenvalue weighted by atomic mass is 16.6. The molecule has 0 spiro atoms. The molecule has 6 nitrogen and oxygen atoms in total. The average Bonchev–Trinajstić information content (AvgIpc) is 2.73. The molecule has 2 unspecified atom stereocenters. The van der Waals surface area contributed by atoms with Gasteiger partial charge in [-0.2, -0.15) is 0 Å². The summed E-state index contributed by atoms with van der Waals surface area (Å²) in [5.41, 5.74) is 1.46. The largest absolute Gasteiger partial charge is 0.507 e. The van der Waals surface area contributed by atoms with Gasteiger partial charge in [0.05, 0.1) is 11.1 Å². The smallest absolute Gasteiger partial charge is 0.338 e. The molecule has 1 aliphatic rings. The van der Waals surface area contributed by atoms with Crippen molar-refractivity contribution in [3.05, 3.63) is 58.7 Å². The summed E-state index contributed by atoms with van der Waals surface area (Å²) < 4.78 is 11.6. The topological polar surface area (TPSA) is 93.1 Å². The van der Waals surface area contributed by atoms with Gasteiger partial charge in [0.25, 0.3) is 0 Å². The summed E-state index contributed by atoms with van der Waals surface area (Å²) in [7, 11) is 0. The molecular formula is C24H26O6. The highest BCUT2D eigenvalue weighted by molar-refractivity contribution is 5.92. The molecule has 0 aliphatic carbocycles. The molecule has 1 aliphatic heterocycles. The average molecular weight is 410 g/mol. The van der Waals surface area contributed by atoms with E-state index in [9.17, 15) is 19.8 Å². The van der Waals surface area contributed by atoms with Gasteiger partial charge in [0.2, 0.25) is 0 Å². The molecule has 1 heterocycles. The van der Waals surface area contributed by atoms with Crippen molar-refractivity contribution in [1.29, 1.82) is 0 Å². The molecular weight excluding hydrogens is 384 g/mol. The molecule has 0 radical (unpaired) electrons. The van der Waals surface area contributed by atoms with E-state index in [0.717, 1.165) is 24.8 Å². The van der Waals surface area contributed by atoms with Crippen LogP contribution in [-0.4, -0.2) is 34.7 Å². The normalized spacial score (nSPS) is 18.4. The van der Waals surface area contributed by atoms with Crippen molar-refractivity contribution in [3.8, 4) is 17.2 Å². The first-order valence-corrected chi connectivity index (χ1v) is 10.1. The van der Waals surface area contributed by atoms with Crippen LogP contribution in [0.1, 0.15) is 64.4 Å². The van der Waals surface area contributed by atoms with Gasteiger partial charge >= 0.3 is 5.97 Å². The lowest BCUT2D eigenvalue weighted by Crippen LogP contribution is -2.30. The zero-order valence-electron chi connectivity index (χ0n) is 17.1. The number of hydrogen-bond acceptors (Lipinski definition) is 6. The van der Waals surface area contributed by atoms with Gasteiger partial charge in [-0.3, -0.25) is 4.79 Å². The number of phenols is 1. The molecule has 0 saturated heterocycles. The van der Waals surface area contributed by atoms with Crippen molar-refractivity contribution in [2.45, 2.75) is 51.7 Å². The second kappa shape index (κ2) is 9.59. The molecule has 2 aromatic rings. The number of cyclic esters (lactones) is 1. The van der Waals surface area contributed by atoms with Gasteiger partial charge in [0, 0.05) is 5.56 Å². The van der Waals surface area contributed by atoms with Gasteiger partial charge in [0.15, 0.2) is 6.29 Å². The van der Waals surface area contributed by atoms with Crippen LogP contribution in [0.4, 0.5) is 0 Å². The number of phenolic OH excluding ortho intramolecular Hbond substituents is 1. The van der Waals surface area contributed by atoms with E-state index in [1.54, 1.807) is 25.1 Å². The molecule has 30 heavy (non-hydrogen) atoms. The number of aryl methyl sites for hydroxylation is 1. The van der Waals surface area contributed by atoms with Crippen LogP contribution in [0.2, 0.25) is 0 Å². The number of aliphatic hydroxyl groups is 1. The molecule has 0 fully saturated rings. The highest BCUT2D eigenvalue weighted by Crippen LogP contribution is 2.34. The maximum Gasteiger partial charge on any atom is 0.338 e. The Morgan fingerprint density at radius 1 is 1.17 bits per heavy atom. The van der Waals surface area contributed by atoms with Crippen LogP contribution in [0, 0.1) is 6.92 Å². The molecule has 2 bridgehead atoms. The van der Waals surface area contributed by atoms with Crippen LogP contribution < -0.4 is 4.74 Å². The maximum atomic E-state index is 12.8. The van der Waals surface area contributed by atoms with Crippen molar-refractivity contribution in [2.24, 2.45) is 0 Å². The van der Waals surface area contributed by atoms with Crippen molar-refractivity contribution in [2.75, 3.05) is 0 Å². The summed E-state index contributed by atoms with van der Waals surface area (Å²) in [4.78, 5) is 24.4. The number of benzene rings is 2. The van der Waals surface area contributed by atoms with E-state index in [1.165, 1.54) is 24.3 Å². The third-order valence-corrected chi connectivity index (χ3v) is 5.19.